The first kappa shape index (κ1) is 12.9. The lowest BCUT2D eigenvalue weighted by atomic mass is 10.1. The van der Waals surface area contributed by atoms with E-state index in [-0.39, 0.29) is 5.91 Å². The van der Waals surface area contributed by atoms with E-state index in [4.69, 9.17) is 9.84 Å². The molecule has 3 aliphatic rings. The maximum absolute atomic E-state index is 12.3. The molecule has 3 rings (SSSR count). The first-order chi connectivity index (χ1) is 9.15. The molecule has 0 spiro atoms. The number of carbonyl (C=O) groups is 2. The molecule has 2 unspecified atom stereocenters. The quantitative estimate of drug-likeness (QED) is 0.775. The number of nitrogens with zero attached hydrogens (tertiary/aromatic N) is 2. The minimum atomic E-state index is -0.964. The summed E-state index contributed by atoms with van der Waals surface area (Å²) in [5.74, 6) is -0.993. The molecule has 3 fully saturated rings. The number of carbonyl (C=O) groups excluding carboxylic acids is 1. The van der Waals surface area contributed by atoms with Gasteiger partial charge in [0, 0.05) is 32.2 Å². The van der Waals surface area contributed by atoms with Crippen molar-refractivity contribution in [1.82, 2.24) is 9.80 Å². The van der Waals surface area contributed by atoms with Crippen molar-refractivity contribution < 1.29 is 19.4 Å². The zero-order chi connectivity index (χ0) is 13.4. The number of carboxylic acid groups (broad SMARTS) is 1. The number of rotatable bonds is 3. The number of ether oxygens (including phenoxy) is 1. The number of carboxylic acids is 1. The minimum Gasteiger partial charge on any atom is -0.479 e. The van der Waals surface area contributed by atoms with Crippen molar-refractivity contribution in [2.45, 2.75) is 43.9 Å². The van der Waals surface area contributed by atoms with Crippen LogP contribution in [0.25, 0.3) is 0 Å². The van der Waals surface area contributed by atoms with Gasteiger partial charge in [-0.2, -0.15) is 0 Å². The van der Waals surface area contributed by atoms with Gasteiger partial charge in [-0.1, -0.05) is 0 Å². The van der Waals surface area contributed by atoms with E-state index >= 15 is 0 Å². The molecule has 2 aliphatic heterocycles. The summed E-state index contributed by atoms with van der Waals surface area (Å²) in [4.78, 5) is 27.3. The zero-order valence-corrected chi connectivity index (χ0v) is 11.0. The number of piperazine rings is 1. The molecule has 2 saturated heterocycles. The summed E-state index contributed by atoms with van der Waals surface area (Å²) >= 11 is 0. The number of hydrogen-bond acceptors (Lipinski definition) is 4. The van der Waals surface area contributed by atoms with Crippen molar-refractivity contribution in [3.8, 4) is 0 Å². The van der Waals surface area contributed by atoms with E-state index in [1.54, 1.807) is 0 Å². The van der Waals surface area contributed by atoms with E-state index in [1.807, 2.05) is 4.90 Å². The Morgan fingerprint density at radius 2 is 1.58 bits per heavy atom. The molecular formula is C13H20N2O4. The van der Waals surface area contributed by atoms with Crippen molar-refractivity contribution >= 4 is 11.9 Å². The van der Waals surface area contributed by atoms with E-state index in [2.05, 4.69) is 4.90 Å². The molecule has 1 amide bonds. The lowest BCUT2D eigenvalue weighted by molar-refractivity contribution is -0.155. The number of aliphatic carboxylic acids is 1. The topological polar surface area (TPSA) is 70.1 Å². The molecule has 106 valence electrons. The van der Waals surface area contributed by atoms with E-state index in [0.29, 0.717) is 12.8 Å². The highest BCUT2D eigenvalue weighted by molar-refractivity contribution is 5.82. The van der Waals surface area contributed by atoms with E-state index in [1.165, 1.54) is 12.8 Å². The Labute approximate surface area is 112 Å². The minimum absolute atomic E-state index is 0.0285. The highest BCUT2D eigenvalue weighted by Crippen LogP contribution is 2.28. The highest BCUT2D eigenvalue weighted by atomic mass is 16.5. The molecule has 0 aromatic heterocycles. The summed E-state index contributed by atoms with van der Waals surface area (Å²) < 4.78 is 5.32. The molecular weight excluding hydrogens is 248 g/mol. The highest BCUT2D eigenvalue weighted by Gasteiger charge is 2.38. The third-order valence-corrected chi connectivity index (χ3v) is 4.26. The van der Waals surface area contributed by atoms with Crippen LogP contribution in [-0.2, 0) is 14.3 Å². The van der Waals surface area contributed by atoms with E-state index < -0.39 is 18.2 Å². The Kier molecular flexibility index (Phi) is 3.45. The summed E-state index contributed by atoms with van der Waals surface area (Å²) in [6, 6.07) is 0.747. The monoisotopic (exact) mass is 268 g/mol. The molecule has 0 aromatic rings. The Morgan fingerprint density at radius 1 is 0.947 bits per heavy atom. The van der Waals surface area contributed by atoms with Gasteiger partial charge in [0.25, 0.3) is 5.91 Å². The van der Waals surface area contributed by atoms with Crippen molar-refractivity contribution in [2.24, 2.45) is 0 Å². The van der Waals surface area contributed by atoms with Crippen LogP contribution in [0.5, 0.6) is 0 Å². The molecule has 0 aromatic carbocycles. The normalized spacial score (nSPS) is 32.5. The van der Waals surface area contributed by atoms with Crippen LogP contribution in [0.15, 0.2) is 0 Å². The third-order valence-electron chi connectivity index (χ3n) is 4.26. The molecule has 6 nitrogen and oxygen atoms in total. The van der Waals surface area contributed by atoms with Gasteiger partial charge < -0.3 is 14.7 Å². The lowest BCUT2D eigenvalue weighted by Crippen LogP contribution is -2.52. The van der Waals surface area contributed by atoms with E-state index in [0.717, 1.165) is 32.2 Å². The van der Waals surface area contributed by atoms with Gasteiger partial charge >= 0.3 is 5.97 Å². The van der Waals surface area contributed by atoms with E-state index in [9.17, 15) is 9.59 Å². The van der Waals surface area contributed by atoms with Gasteiger partial charge in [-0.3, -0.25) is 9.69 Å². The van der Waals surface area contributed by atoms with Crippen LogP contribution in [0.2, 0.25) is 0 Å². The average Bonchev–Trinajstić information content (AvgIpc) is 3.14. The van der Waals surface area contributed by atoms with Crippen molar-refractivity contribution in [3.63, 3.8) is 0 Å². The van der Waals surface area contributed by atoms with Crippen LogP contribution in [0.4, 0.5) is 0 Å². The predicted octanol–water partition coefficient (Wildman–Crippen LogP) is -0.0748. The second kappa shape index (κ2) is 5.09. The Hall–Kier alpha value is -1.14. The largest absolute Gasteiger partial charge is 0.479 e. The predicted molar refractivity (Wildman–Crippen MR) is 66.7 cm³/mol. The Balaban J connectivity index is 1.49. The zero-order valence-electron chi connectivity index (χ0n) is 11.0. The summed E-state index contributed by atoms with van der Waals surface area (Å²) in [6.07, 6.45) is 2.20. The summed E-state index contributed by atoms with van der Waals surface area (Å²) in [6.45, 7) is 3.36. The fraction of sp³-hybridized carbons (Fsp3) is 0.846. The van der Waals surface area contributed by atoms with Gasteiger partial charge in [0.1, 0.15) is 6.10 Å². The van der Waals surface area contributed by atoms with Gasteiger partial charge in [0.2, 0.25) is 0 Å². The van der Waals surface area contributed by atoms with Crippen molar-refractivity contribution in [2.75, 3.05) is 26.2 Å². The maximum atomic E-state index is 12.3. The van der Waals surface area contributed by atoms with Gasteiger partial charge in [-0.15, -0.1) is 0 Å². The molecule has 0 bridgehead atoms. The summed E-state index contributed by atoms with van der Waals surface area (Å²) in [5, 5.41) is 8.87. The Morgan fingerprint density at radius 3 is 2.11 bits per heavy atom. The maximum Gasteiger partial charge on any atom is 0.332 e. The van der Waals surface area contributed by atoms with Gasteiger partial charge in [-0.25, -0.2) is 4.79 Å². The first-order valence-corrected chi connectivity index (χ1v) is 7.06. The average molecular weight is 268 g/mol. The van der Waals surface area contributed by atoms with Crippen LogP contribution in [0.3, 0.4) is 0 Å². The van der Waals surface area contributed by atoms with Crippen LogP contribution in [0, 0.1) is 0 Å². The van der Waals surface area contributed by atoms with Gasteiger partial charge in [-0.05, 0) is 25.7 Å². The second-order valence-electron chi connectivity index (χ2n) is 5.62. The molecule has 2 heterocycles. The molecule has 0 radical (unpaired) electrons. The standard InChI is InChI=1S/C13H20N2O4/c16-12(10-3-4-11(19-10)13(17)18)15-7-5-14(6-8-15)9-1-2-9/h9-11H,1-8H2,(H,17,18). The van der Waals surface area contributed by atoms with Crippen molar-refractivity contribution in [1.29, 1.82) is 0 Å². The number of amides is 1. The number of hydrogen-bond donors (Lipinski definition) is 1. The fourth-order valence-corrected chi connectivity index (χ4v) is 2.95. The molecule has 19 heavy (non-hydrogen) atoms. The van der Waals surface area contributed by atoms with Crippen LogP contribution in [-0.4, -0.2) is 71.2 Å². The van der Waals surface area contributed by atoms with Gasteiger partial charge in [0.15, 0.2) is 6.10 Å². The van der Waals surface area contributed by atoms with Crippen LogP contribution in [0.1, 0.15) is 25.7 Å². The Bertz CT molecular complexity index is 375. The molecule has 6 heteroatoms. The summed E-state index contributed by atoms with van der Waals surface area (Å²) in [5.41, 5.74) is 0. The molecule has 1 saturated carbocycles. The third kappa shape index (κ3) is 2.74. The molecule has 1 N–H and O–H groups in total. The lowest BCUT2D eigenvalue weighted by Gasteiger charge is -2.35. The fourth-order valence-electron chi connectivity index (χ4n) is 2.95. The smallest absolute Gasteiger partial charge is 0.332 e. The van der Waals surface area contributed by atoms with Crippen molar-refractivity contribution in [3.05, 3.63) is 0 Å². The molecule has 1 aliphatic carbocycles. The van der Waals surface area contributed by atoms with Crippen LogP contribution >= 0.6 is 0 Å². The first-order valence-electron chi connectivity index (χ1n) is 7.06. The van der Waals surface area contributed by atoms with Gasteiger partial charge in [0.05, 0.1) is 0 Å². The molecule has 2 atom stereocenters. The van der Waals surface area contributed by atoms with Crippen LogP contribution < -0.4 is 0 Å². The SMILES string of the molecule is O=C(O)C1CCC(C(=O)N2CCN(C3CC3)CC2)O1. The summed E-state index contributed by atoms with van der Waals surface area (Å²) in [7, 11) is 0. The second-order valence-corrected chi connectivity index (χ2v) is 5.62.